The van der Waals surface area contributed by atoms with Crippen molar-refractivity contribution in [1.29, 1.82) is 0 Å². The van der Waals surface area contributed by atoms with Gasteiger partial charge < -0.3 is 9.84 Å². The van der Waals surface area contributed by atoms with Crippen molar-refractivity contribution in [2.24, 2.45) is 46.3 Å². The van der Waals surface area contributed by atoms with E-state index in [-0.39, 0.29) is 5.41 Å². The predicted molar refractivity (Wildman–Crippen MR) is 133 cm³/mol. The summed E-state index contributed by atoms with van der Waals surface area (Å²) in [5.74, 6) is 5.12. The minimum absolute atomic E-state index is 0.283. The first-order valence-corrected chi connectivity index (χ1v) is 14.2. The molecule has 1 heterocycles. The Labute approximate surface area is 206 Å². The lowest BCUT2D eigenvalue weighted by atomic mass is 9.43. The van der Waals surface area contributed by atoms with Gasteiger partial charge >= 0.3 is 0 Å². The van der Waals surface area contributed by atoms with Crippen molar-refractivity contribution in [1.82, 2.24) is 20.2 Å². The molecule has 1 aromatic heterocycles. The summed E-state index contributed by atoms with van der Waals surface area (Å²) in [6.45, 7) is 10.9. The first-order chi connectivity index (χ1) is 16.2. The SMILES string of the molecule is CCC[C@@]1(O)CC[C@@]2(COC)[C@H](CC[C@H]3[C@@H]4CC[C@H]([C@H](C)Cn5nnc(C)n5)[C@@]4(C)CC[C@@H]32)C1. The molecule has 0 aliphatic heterocycles. The fraction of sp³-hybridized carbons (Fsp3) is 0.964. The smallest absolute Gasteiger partial charge is 0.171 e. The van der Waals surface area contributed by atoms with Crippen LogP contribution in [0.3, 0.4) is 0 Å². The lowest BCUT2D eigenvalue weighted by Crippen LogP contribution is -2.58. The summed E-state index contributed by atoms with van der Waals surface area (Å²) in [6, 6.07) is 0. The van der Waals surface area contributed by atoms with Gasteiger partial charge in [0.1, 0.15) is 0 Å². The van der Waals surface area contributed by atoms with Crippen LogP contribution in [0, 0.1) is 53.3 Å². The number of aromatic nitrogens is 4. The topological polar surface area (TPSA) is 73.1 Å². The summed E-state index contributed by atoms with van der Waals surface area (Å²) < 4.78 is 5.98. The van der Waals surface area contributed by atoms with Crippen LogP contribution < -0.4 is 0 Å². The Morgan fingerprint density at radius 3 is 2.65 bits per heavy atom. The molecule has 4 aliphatic rings. The zero-order valence-electron chi connectivity index (χ0n) is 22.3. The van der Waals surface area contributed by atoms with Crippen LogP contribution in [0.2, 0.25) is 0 Å². The molecule has 9 atom stereocenters. The van der Waals surface area contributed by atoms with E-state index in [0.717, 1.165) is 74.8 Å². The lowest BCUT2D eigenvalue weighted by molar-refractivity contribution is -0.180. The van der Waals surface area contributed by atoms with Crippen LogP contribution in [0.25, 0.3) is 0 Å². The second-order valence-corrected chi connectivity index (χ2v) is 13.1. The first-order valence-electron chi connectivity index (χ1n) is 14.2. The molecule has 1 aromatic rings. The number of tetrazole rings is 1. The van der Waals surface area contributed by atoms with E-state index in [0.29, 0.717) is 17.3 Å². The average Bonchev–Trinajstić information content (AvgIpc) is 3.36. The van der Waals surface area contributed by atoms with Crippen LogP contribution in [-0.2, 0) is 11.3 Å². The van der Waals surface area contributed by atoms with E-state index >= 15 is 0 Å². The minimum atomic E-state index is -0.436. The van der Waals surface area contributed by atoms with Gasteiger partial charge in [-0.3, -0.25) is 0 Å². The molecule has 5 rings (SSSR count). The molecule has 34 heavy (non-hydrogen) atoms. The highest BCUT2D eigenvalue weighted by Gasteiger charge is 2.63. The van der Waals surface area contributed by atoms with Crippen molar-refractivity contribution in [2.45, 2.75) is 110 Å². The molecule has 6 heteroatoms. The Hall–Kier alpha value is -1.01. The number of nitrogens with zero attached hydrogens (tertiary/aromatic N) is 4. The second kappa shape index (κ2) is 9.14. The Morgan fingerprint density at radius 1 is 1.12 bits per heavy atom. The molecular weight excluding hydrogens is 424 g/mol. The summed E-state index contributed by atoms with van der Waals surface area (Å²) in [7, 11) is 1.91. The van der Waals surface area contributed by atoms with E-state index in [1.165, 1.54) is 38.5 Å². The first kappa shape index (κ1) is 24.7. The van der Waals surface area contributed by atoms with Crippen LogP contribution in [-0.4, -0.2) is 44.6 Å². The Bertz CT molecular complexity index is 859. The lowest BCUT2D eigenvalue weighted by Gasteiger charge is -2.63. The highest BCUT2D eigenvalue weighted by atomic mass is 16.5. The van der Waals surface area contributed by atoms with Crippen LogP contribution >= 0.6 is 0 Å². The Kier molecular flexibility index (Phi) is 6.63. The molecule has 6 nitrogen and oxygen atoms in total. The highest BCUT2D eigenvalue weighted by Crippen LogP contribution is 2.69. The monoisotopic (exact) mass is 472 g/mol. The molecular formula is C28H48N4O2. The standard InChI is InChI=1S/C28H48N4O2/c1-6-12-27(33)14-15-28(18-34-5)21(16-27)7-8-22-24-10-9-23(26(24,4)13-11-25(22)28)19(2)17-32-30-20(3)29-31-32/h19,21-25,33H,6-18H2,1-5H3/t19-,21-,22+,23-,24+,25+,26-,27-,28-/m1/s1. The van der Waals surface area contributed by atoms with Crippen molar-refractivity contribution in [3.05, 3.63) is 5.82 Å². The largest absolute Gasteiger partial charge is 0.390 e. The fourth-order valence-electron chi connectivity index (χ4n) is 10.1. The molecule has 0 aromatic carbocycles. The zero-order chi connectivity index (χ0) is 24.1. The summed E-state index contributed by atoms with van der Waals surface area (Å²) in [5, 5.41) is 24.2. The van der Waals surface area contributed by atoms with E-state index in [2.05, 4.69) is 36.2 Å². The van der Waals surface area contributed by atoms with Gasteiger partial charge in [0.25, 0.3) is 0 Å². The summed E-state index contributed by atoms with van der Waals surface area (Å²) in [4.78, 5) is 1.82. The number of hydrogen-bond acceptors (Lipinski definition) is 5. The normalized spacial score (nSPS) is 44.8. The van der Waals surface area contributed by atoms with Gasteiger partial charge in [-0.1, -0.05) is 27.2 Å². The van der Waals surface area contributed by atoms with Gasteiger partial charge in [0.15, 0.2) is 5.82 Å². The van der Waals surface area contributed by atoms with Crippen molar-refractivity contribution in [2.75, 3.05) is 13.7 Å². The maximum absolute atomic E-state index is 11.3. The Morgan fingerprint density at radius 2 is 1.94 bits per heavy atom. The number of ether oxygens (including phenoxy) is 1. The van der Waals surface area contributed by atoms with Crippen LogP contribution in [0.1, 0.15) is 97.2 Å². The summed E-state index contributed by atoms with van der Waals surface area (Å²) in [5.41, 5.74) is 0.272. The van der Waals surface area contributed by atoms with Gasteiger partial charge in [-0.25, -0.2) is 0 Å². The van der Waals surface area contributed by atoms with Gasteiger partial charge in [-0.05, 0) is 123 Å². The highest BCUT2D eigenvalue weighted by molar-refractivity contribution is 5.12. The molecule has 0 spiro atoms. The van der Waals surface area contributed by atoms with Gasteiger partial charge in [0.2, 0.25) is 0 Å². The molecule has 0 radical (unpaired) electrons. The molecule has 4 fully saturated rings. The number of methoxy groups -OCH3 is 1. The van der Waals surface area contributed by atoms with Gasteiger partial charge in [-0.2, -0.15) is 4.80 Å². The number of hydrogen-bond donors (Lipinski definition) is 1. The molecule has 0 amide bonds. The number of aliphatic hydroxyl groups is 1. The molecule has 4 saturated carbocycles. The van der Waals surface area contributed by atoms with Crippen LogP contribution in [0.5, 0.6) is 0 Å². The molecule has 4 aliphatic carbocycles. The van der Waals surface area contributed by atoms with Crippen molar-refractivity contribution in [3.8, 4) is 0 Å². The molecule has 0 saturated heterocycles. The second-order valence-electron chi connectivity index (χ2n) is 13.1. The van der Waals surface area contributed by atoms with Gasteiger partial charge in [0, 0.05) is 7.11 Å². The molecule has 0 unspecified atom stereocenters. The molecule has 192 valence electrons. The number of fused-ring (bicyclic) bond motifs is 5. The van der Waals surface area contributed by atoms with E-state index in [1.807, 2.05) is 18.8 Å². The summed E-state index contributed by atoms with van der Waals surface area (Å²) in [6.07, 6.45) is 13.2. The van der Waals surface area contributed by atoms with E-state index in [1.54, 1.807) is 0 Å². The molecule has 0 bridgehead atoms. The minimum Gasteiger partial charge on any atom is -0.390 e. The zero-order valence-corrected chi connectivity index (χ0v) is 22.3. The average molecular weight is 473 g/mol. The number of aryl methyl sites for hydroxylation is 1. The predicted octanol–water partition coefficient (Wildman–Crippen LogP) is 5.43. The Balaban J connectivity index is 1.35. The molecule has 1 N–H and O–H groups in total. The van der Waals surface area contributed by atoms with Crippen molar-refractivity contribution < 1.29 is 9.84 Å². The van der Waals surface area contributed by atoms with E-state index < -0.39 is 5.60 Å². The van der Waals surface area contributed by atoms with Crippen LogP contribution in [0.4, 0.5) is 0 Å². The maximum Gasteiger partial charge on any atom is 0.171 e. The van der Waals surface area contributed by atoms with Crippen LogP contribution in [0.15, 0.2) is 0 Å². The van der Waals surface area contributed by atoms with Gasteiger partial charge in [0.05, 0.1) is 18.8 Å². The third-order valence-corrected chi connectivity index (χ3v) is 11.4. The summed E-state index contributed by atoms with van der Waals surface area (Å²) >= 11 is 0. The fourth-order valence-corrected chi connectivity index (χ4v) is 10.1. The quantitative estimate of drug-likeness (QED) is 0.572. The van der Waals surface area contributed by atoms with Crippen molar-refractivity contribution in [3.63, 3.8) is 0 Å². The van der Waals surface area contributed by atoms with Gasteiger partial charge in [-0.15, -0.1) is 10.2 Å². The van der Waals surface area contributed by atoms with E-state index in [4.69, 9.17) is 4.74 Å². The third kappa shape index (κ3) is 3.95. The third-order valence-electron chi connectivity index (χ3n) is 11.4. The van der Waals surface area contributed by atoms with E-state index in [9.17, 15) is 5.11 Å². The number of rotatable bonds is 7. The van der Waals surface area contributed by atoms with Crippen molar-refractivity contribution >= 4 is 0 Å². The maximum atomic E-state index is 11.3.